The molecule has 2 heteroatoms. The maximum absolute atomic E-state index is 3.50. The summed E-state index contributed by atoms with van der Waals surface area (Å²) in [5.41, 5.74) is 13.0. The van der Waals surface area contributed by atoms with Gasteiger partial charge in [0.1, 0.15) is 0 Å². The molecule has 2 aromatic carbocycles. The van der Waals surface area contributed by atoms with E-state index in [0.717, 1.165) is 25.7 Å². The van der Waals surface area contributed by atoms with E-state index in [2.05, 4.69) is 92.5 Å². The molecule has 2 aliphatic rings. The van der Waals surface area contributed by atoms with Crippen molar-refractivity contribution in [2.24, 2.45) is 0 Å². The Morgan fingerprint density at radius 3 is 1.39 bits per heavy atom. The number of rotatable bonds is 8. The van der Waals surface area contributed by atoms with E-state index in [1.807, 2.05) is 0 Å². The van der Waals surface area contributed by atoms with Crippen molar-refractivity contribution in [1.82, 2.24) is 0 Å². The third-order valence-electron chi connectivity index (χ3n) is 9.03. The maximum atomic E-state index is 2.88. The fraction of sp³-hybridized carbons (Fsp3) is 0.484. The second kappa shape index (κ2) is 9.57. The standard InChI is InChI=1S/2C13H15.C3H8Si.2CH3.Hf/c2*1-3-10-8-9-11(4-2)13-7-5-6-12(10)13;1-2-3-4;;;/h2*5-9H,3-4H2,1-2H3;4H,2-3H2,1H3;2*1H3;. The Labute approximate surface area is 204 Å². The molecule has 2 aliphatic carbocycles. The van der Waals surface area contributed by atoms with Crippen LogP contribution in [0, 0.1) is 0 Å². The monoisotopic (exact) mass is 624 g/mol. The van der Waals surface area contributed by atoms with Gasteiger partial charge in [-0.15, -0.1) is 0 Å². The summed E-state index contributed by atoms with van der Waals surface area (Å²) in [6, 6.07) is 11.2. The number of hydrogen-bond acceptors (Lipinski definition) is 0. The fourth-order valence-corrected chi connectivity index (χ4v) is 47.0. The number of aryl methyl sites for hydroxylation is 4. The normalized spacial score (nSPS) is 19.2. The first kappa shape index (κ1) is 25.1. The van der Waals surface area contributed by atoms with Crippen molar-refractivity contribution in [3.8, 4) is 0 Å². The summed E-state index contributed by atoms with van der Waals surface area (Å²) < 4.78 is 7.14. The topological polar surface area (TPSA) is 0 Å². The molecule has 0 saturated carbocycles. The van der Waals surface area contributed by atoms with Crippen LogP contribution in [0.15, 0.2) is 36.4 Å². The first-order valence-corrected chi connectivity index (χ1v) is 32.5. The molecule has 0 nitrogen and oxygen atoms in total. The Bertz CT molecular complexity index is 1100. The Morgan fingerprint density at radius 2 is 1.03 bits per heavy atom. The van der Waals surface area contributed by atoms with Crippen LogP contribution in [-0.4, -0.2) is 6.22 Å². The van der Waals surface area contributed by atoms with Crippen molar-refractivity contribution in [2.75, 3.05) is 0 Å². The van der Waals surface area contributed by atoms with Crippen molar-refractivity contribution in [2.45, 2.75) is 89.5 Å². The molecular weight excluding hydrogens is 579 g/mol. The first-order valence-electron chi connectivity index (χ1n) is 13.5. The summed E-state index contributed by atoms with van der Waals surface area (Å²) in [7, 11) is 0. The fourth-order valence-electron chi connectivity index (χ4n) is 6.96. The number of hydrogen-bond donors (Lipinski definition) is 0. The van der Waals surface area contributed by atoms with Gasteiger partial charge in [-0.1, -0.05) is 0 Å². The minimum absolute atomic E-state index is 0.478. The summed E-state index contributed by atoms with van der Waals surface area (Å²) in [5, 5.41) is 0. The van der Waals surface area contributed by atoms with Gasteiger partial charge in [-0.25, -0.2) is 0 Å². The van der Waals surface area contributed by atoms with Crippen molar-refractivity contribution < 1.29 is 17.1 Å². The molecule has 0 aromatic heterocycles. The summed E-state index contributed by atoms with van der Waals surface area (Å²) in [6.45, 7) is 11.8. The molecule has 2 aromatic rings. The van der Waals surface area contributed by atoms with E-state index in [9.17, 15) is 0 Å². The predicted octanol–water partition coefficient (Wildman–Crippen LogP) is 8.74. The van der Waals surface area contributed by atoms with E-state index in [-0.39, 0.29) is 0 Å². The van der Waals surface area contributed by atoms with Crippen molar-refractivity contribution in [3.05, 3.63) is 80.9 Å². The van der Waals surface area contributed by atoms with Gasteiger partial charge >= 0.3 is 206 Å². The van der Waals surface area contributed by atoms with Gasteiger partial charge in [-0.3, -0.25) is 0 Å². The van der Waals surface area contributed by atoms with E-state index >= 15 is 0 Å². The van der Waals surface area contributed by atoms with Crippen LogP contribution in [0.5, 0.6) is 0 Å². The summed E-state index contributed by atoms with van der Waals surface area (Å²) in [6.07, 6.45) is 16.9. The van der Waals surface area contributed by atoms with Gasteiger partial charge in [0.2, 0.25) is 0 Å². The third kappa shape index (κ3) is 3.98. The molecule has 0 amide bonds. The number of fused-ring (bicyclic) bond motifs is 2. The summed E-state index contributed by atoms with van der Waals surface area (Å²) in [4.78, 5) is 0. The Morgan fingerprint density at radius 1 is 0.636 bits per heavy atom. The average Bonchev–Trinajstić information content (AvgIpc) is 3.48. The number of allylic oxidation sites excluding steroid dienone is 2. The molecule has 0 saturated heterocycles. The van der Waals surface area contributed by atoms with E-state index in [1.165, 1.54) is 12.5 Å². The molecule has 2 unspecified atom stereocenters. The Hall–Kier alpha value is -0.993. The molecule has 0 spiro atoms. The summed E-state index contributed by atoms with van der Waals surface area (Å²) in [5.74, 6) is 0. The molecule has 4 rings (SSSR count). The van der Waals surface area contributed by atoms with E-state index in [0.29, 0.717) is 13.6 Å². The zero-order chi connectivity index (χ0) is 23.8. The van der Waals surface area contributed by atoms with Crippen molar-refractivity contribution >= 4 is 18.4 Å². The Kier molecular flexibility index (Phi) is 7.28. The first-order chi connectivity index (χ1) is 15.8. The molecule has 0 fully saturated rings. The molecule has 0 heterocycles. The van der Waals surface area contributed by atoms with E-state index in [4.69, 9.17) is 0 Å². The molecule has 0 radical (unpaired) electrons. The number of benzene rings is 2. The molecule has 0 aliphatic heterocycles. The van der Waals surface area contributed by atoms with Gasteiger partial charge in [-0.2, -0.15) is 0 Å². The second-order valence-electron chi connectivity index (χ2n) is 11.2. The summed E-state index contributed by atoms with van der Waals surface area (Å²) >= 11 is -3.50. The average molecular weight is 623 g/mol. The minimum atomic E-state index is -3.50. The third-order valence-corrected chi connectivity index (χ3v) is 51.6. The van der Waals surface area contributed by atoms with Crippen LogP contribution < -0.4 is 0 Å². The van der Waals surface area contributed by atoms with Gasteiger partial charge in [0, 0.05) is 0 Å². The molecule has 33 heavy (non-hydrogen) atoms. The molecule has 0 bridgehead atoms. The molecule has 2 atom stereocenters. The van der Waals surface area contributed by atoms with Gasteiger partial charge in [0.05, 0.1) is 0 Å². The SMILES string of the molecule is CCC[SiH]=[Hf]([CH3])([CH3])([CH]1C=Cc2c(CC)ccc(CC)c21)[CH]1C=Cc2c(CC)ccc(CC)c21. The van der Waals surface area contributed by atoms with Crippen LogP contribution in [0.4, 0.5) is 0 Å². The van der Waals surface area contributed by atoms with E-state index < -0.39 is 17.1 Å². The van der Waals surface area contributed by atoms with Gasteiger partial charge in [0.15, 0.2) is 0 Å². The Balaban J connectivity index is 2.01. The molecule has 0 N–H and O–H groups in total. The van der Waals surface area contributed by atoms with Gasteiger partial charge in [-0.05, 0) is 0 Å². The van der Waals surface area contributed by atoms with Crippen LogP contribution in [0.25, 0.3) is 12.2 Å². The molecule has 176 valence electrons. The van der Waals surface area contributed by atoms with Crippen LogP contribution in [-0.2, 0) is 42.8 Å². The zero-order valence-electron chi connectivity index (χ0n) is 22.1. The van der Waals surface area contributed by atoms with Gasteiger partial charge in [0.25, 0.3) is 0 Å². The predicted molar refractivity (Wildman–Crippen MR) is 148 cm³/mol. The second-order valence-corrected chi connectivity index (χ2v) is 55.6. The van der Waals surface area contributed by atoms with Crippen molar-refractivity contribution in [1.29, 1.82) is 0 Å². The molecular formula is C31H44HfSi. The van der Waals surface area contributed by atoms with Crippen molar-refractivity contribution in [3.63, 3.8) is 0 Å². The van der Waals surface area contributed by atoms with Crippen LogP contribution in [0.1, 0.15) is 92.9 Å². The van der Waals surface area contributed by atoms with Gasteiger partial charge < -0.3 is 0 Å². The quantitative estimate of drug-likeness (QED) is 0.258. The zero-order valence-corrected chi connectivity index (χ0v) is 26.8. The van der Waals surface area contributed by atoms with Crippen LogP contribution in [0.3, 0.4) is 0 Å². The van der Waals surface area contributed by atoms with E-state index in [1.54, 1.807) is 44.5 Å². The van der Waals surface area contributed by atoms with Crippen LogP contribution in [0.2, 0.25) is 15.4 Å². The van der Waals surface area contributed by atoms with Crippen LogP contribution >= 0.6 is 0 Å².